The van der Waals surface area contributed by atoms with E-state index in [9.17, 15) is 14.4 Å². The zero-order chi connectivity index (χ0) is 50.7. The third-order valence-electron chi connectivity index (χ3n) is 13.8. The summed E-state index contributed by atoms with van der Waals surface area (Å²) in [5.74, 6) is -0.871. The van der Waals surface area contributed by atoms with E-state index in [4.69, 9.17) is 14.2 Å². The van der Waals surface area contributed by atoms with E-state index in [-0.39, 0.29) is 31.1 Å². The quantitative estimate of drug-likeness (QED) is 0.0261. The van der Waals surface area contributed by atoms with E-state index < -0.39 is 6.10 Å². The number of ether oxygens (including phenoxy) is 3. The topological polar surface area (TPSA) is 78.9 Å². The summed E-state index contributed by atoms with van der Waals surface area (Å²) in [4.78, 5) is 38.2. The van der Waals surface area contributed by atoms with Crippen molar-refractivity contribution >= 4 is 17.9 Å². The lowest BCUT2D eigenvalue weighted by atomic mass is 10.0. The molecule has 0 bridgehead atoms. The molecule has 410 valence electrons. The van der Waals surface area contributed by atoms with Crippen LogP contribution in [-0.2, 0) is 28.6 Å². The SMILES string of the molecule is CCCCC/C=C\CCCCCCCC(=O)OCC(COC(=O)CCCCCCCCCCCCC/C=C\CCCCCCCCCC)OC(=O)CCCCCCCCC/C=C\CCCCCCCC. The molecule has 1 atom stereocenters. The van der Waals surface area contributed by atoms with Crippen molar-refractivity contribution in [1.29, 1.82) is 0 Å². The van der Waals surface area contributed by atoms with Gasteiger partial charge in [-0.1, -0.05) is 256 Å². The van der Waals surface area contributed by atoms with E-state index in [2.05, 4.69) is 57.2 Å². The molecule has 0 aromatic carbocycles. The van der Waals surface area contributed by atoms with Crippen LogP contribution >= 0.6 is 0 Å². The minimum atomic E-state index is -0.776. The average molecular weight is 984 g/mol. The van der Waals surface area contributed by atoms with Gasteiger partial charge in [0.15, 0.2) is 6.10 Å². The number of hydrogen-bond donors (Lipinski definition) is 0. The van der Waals surface area contributed by atoms with E-state index >= 15 is 0 Å². The van der Waals surface area contributed by atoms with Crippen LogP contribution in [0.1, 0.15) is 335 Å². The molecule has 0 fully saturated rings. The predicted molar refractivity (Wildman–Crippen MR) is 302 cm³/mol. The molecule has 0 aliphatic rings. The Labute approximate surface area is 435 Å². The molecule has 0 radical (unpaired) electrons. The van der Waals surface area contributed by atoms with Crippen molar-refractivity contribution in [1.82, 2.24) is 0 Å². The van der Waals surface area contributed by atoms with Crippen molar-refractivity contribution in [2.75, 3.05) is 13.2 Å². The summed E-state index contributed by atoms with van der Waals surface area (Å²) in [6, 6.07) is 0. The van der Waals surface area contributed by atoms with Gasteiger partial charge in [0.25, 0.3) is 0 Å². The summed E-state index contributed by atoms with van der Waals surface area (Å²) in [6.45, 7) is 6.65. The number of esters is 3. The standard InChI is InChI=1S/C64H118O6/c1-4-7-10-13-16-19-22-25-27-29-30-31-32-33-34-36-37-39-42-45-48-51-54-57-63(66)69-60-61(59-68-62(65)56-53-50-47-44-41-24-21-18-15-12-9-6-3)70-64(67)58-55-52-49-46-43-40-38-35-28-26-23-20-17-14-11-8-5-2/h18,21,26,28-30,61H,4-17,19-20,22-25,27,31-60H2,1-3H3/b21-18-,28-26-,30-29-. The molecule has 6 heteroatoms. The van der Waals surface area contributed by atoms with Gasteiger partial charge < -0.3 is 14.2 Å². The lowest BCUT2D eigenvalue weighted by Gasteiger charge is -2.18. The maximum atomic E-state index is 12.9. The molecule has 6 nitrogen and oxygen atoms in total. The first-order valence-corrected chi connectivity index (χ1v) is 31.0. The molecule has 0 aromatic heterocycles. The molecule has 0 rings (SSSR count). The zero-order valence-corrected chi connectivity index (χ0v) is 47.1. The Morgan fingerprint density at radius 1 is 0.271 bits per heavy atom. The maximum absolute atomic E-state index is 12.9. The largest absolute Gasteiger partial charge is 0.462 e. The van der Waals surface area contributed by atoms with Gasteiger partial charge in [-0.15, -0.1) is 0 Å². The third kappa shape index (κ3) is 56.5. The Balaban J connectivity index is 4.27. The molecule has 0 N–H and O–H groups in total. The van der Waals surface area contributed by atoms with Gasteiger partial charge in [-0.2, -0.15) is 0 Å². The second-order valence-corrected chi connectivity index (χ2v) is 21.0. The van der Waals surface area contributed by atoms with Crippen LogP contribution in [0.5, 0.6) is 0 Å². The Morgan fingerprint density at radius 3 is 0.743 bits per heavy atom. The number of rotatable bonds is 57. The summed E-state index contributed by atoms with van der Waals surface area (Å²) >= 11 is 0. The molecule has 0 aliphatic carbocycles. The Morgan fingerprint density at radius 2 is 0.471 bits per heavy atom. The van der Waals surface area contributed by atoms with Crippen LogP contribution in [0.2, 0.25) is 0 Å². The summed E-state index contributed by atoms with van der Waals surface area (Å²) in [5, 5.41) is 0. The second-order valence-electron chi connectivity index (χ2n) is 21.0. The molecule has 0 saturated heterocycles. The number of allylic oxidation sites excluding steroid dienone is 6. The Bertz CT molecular complexity index is 1170. The summed E-state index contributed by atoms with van der Waals surface area (Å²) in [6.07, 6.45) is 71.5. The highest BCUT2D eigenvalue weighted by Crippen LogP contribution is 2.16. The first kappa shape index (κ1) is 67.6. The lowest BCUT2D eigenvalue weighted by molar-refractivity contribution is -0.167. The number of unbranched alkanes of at least 4 members (excludes halogenated alkanes) is 40. The first-order valence-electron chi connectivity index (χ1n) is 31.0. The number of carbonyl (C=O) groups excluding carboxylic acids is 3. The van der Waals surface area contributed by atoms with Gasteiger partial charge in [0.1, 0.15) is 13.2 Å². The molecule has 1 unspecified atom stereocenters. The van der Waals surface area contributed by atoms with Crippen LogP contribution in [0.4, 0.5) is 0 Å². The fraction of sp³-hybridized carbons (Fsp3) is 0.859. The lowest BCUT2D eigenvalue weighted by Crippen LogP contribution is -2.30. The molecular weight excluding hydrogens is 865 g/mol. The molecule has 0 aromatic rings. The number of carbonyl (C=O) groups is 3. The van der Waals surface area contributed by atoms with Gasteiger partial charge in [0.2, 0.25) is 0 Å². The summed E-state index contributed by atoms with van der Waals surface area (Å²) in [5.41, 5.74) is 0. The molecular formula is C64H118O6. The fourth-order valence-corrected chi connectivity index (χ4v) is 9.13. The van der Waals surface area contributed by atoms with Gasteiger partial charge >= 0.3 is 17.9 Å². The number of hydrogen-bond acceptors (Lipinski definition) is 6. The van der Waals surface area contributed by atoms with Crippen LogP contribution in [0.25, 0.3) is 0 Å². The highest BCUT2D eigenvalue weighted by atomic mass is 16.6. The van der Waals surface area contributed by atoms with Crippen LogP contribution in [0.3, 0.4) is 0 Å². The minimum absolute atomic E-state index is 0.0742. The predicted octanol–water partition coefficient (Wildman–Crippen LogP) is 20.8. The van der Waals surface area contributed by atoms with Gasteiger partial charge in [0.05, 0.1) is 0 Å². The Kier molecular flexibility index (Phi) is 57.2. The van der Waals surface area contributed by atoms with E-state index in [0.717, 1.165) is 64.2 Å². The smallest absolute Gasteiger partial charge is 0.306 e. The third-order valence-corrected chi connectivity index (χ3v) is 13.8. The first-order chi connectivity index (χ1) is 34.5. The molecule has 70 heavy (non-hydrogen) atoms. The van der Waals surface area contributed by atoms with Crippen molar-refractivity contribution < 1.29 is 28.6 Å². The highest BCUT2D eigenvalue weighted by molar-refractivity contribution is 5.71. The second kappa shape index (κ2) is 59.2. The molecule has 0 spiro atoms. The van der Waals surface area contributed by atoms with Crippen molar-refractivity contribution in [2.45, 2.75) is 341 Å². The van der Waals surface area contributed by atoms with Gasteiger partial charge in [-0.3, -0.25) is 14.4 Å². The van der Waals surface area contributed by atoms with Gasteiger partial charge in [0, 0.05) is 19.3 Å². The van der Waals surface area contributed by atoms with Crippen molar-refractivity contribution in [3.05, 3.63) is 36.5 Å². The van der Waals surface area contributed by atoms with Crippen LogP contribution < -0.4 is 0 Å². The molecule has 0 heterocycles. The Hall–Kier alpha value is -2.37. The van der Waals surface area contributed by atoms with E-state index in [0.29, 0.717) is 19.3 Å². The molecule has 0 saturated carbocycles. The van der Waals surface area contributed by atoms with Crippen LogP contribution in [0, 0.1) is 0 Å². The maximum Gasteiger partial charge on any atom is 0.306 e. The van der Waals surface area contributed by atoms with E-state index in [1.165, 1.54) is 231 Å². The highest BCUT2D eigenvalue weighted by Gasteiger charge is 2.19. The summed E-state index contributed by atoms with van der Waals surface area (Å²) in [7, 11) is 0. The molecule has 0 aliphatic heterocycles. The monoisotopic (exact) mass is 983 g/mol. The minimum Gasteiger partial charge on any atom is -0.462 e. The van der Waals surface area contributed by atoms with Gasteiger partial charge in [-0.25, -0.2) is 0 Å². The molecule has 0 amide bonds. The summed E-state index contributed by atoms with van der Waals surface area (Å²) < 4.78 is 16.9. The van der Waals surface area contributed by atoms with Crippen LogP contribution in [0.15, 0.2) is 36.5 Å². The zero-order valence-electron chi connectivity index (χ0n) is 47.1. The van der Waals surface area contributed by atoms with E-state index in [1.807, 2.05) is 0 Å². The van der Waals surface area contributed by atoms with Crippen molar-refractivity contribution in [2.24, 2.45) is 0 Å². The fourth-order valence-electron chi connectivity index (χ4n) is 9.13. The van der Waals surface area contributed by atoms with E-state index in [1.54, 1.807) is 0 Å². The van der Waals surface area contributed by atoms with Crippen LogP contribution in [-0.4, -0.2) is 37.2 Å². The van der Waals surface area contributed by atoms with Gasteiger partial charge in [-0.05, 0) is 96.3 Å². The normalized spacial score (nSPS) is 12.2. The van der Waals surface area contributed by atoms with Crippen molar-refractivity contribution in [3.63, 3.8) is 0 Å². The van der Waals surface area contributed by atoms with Crippen molar-refractivity contribution in [3.8, 4) is 0 Å². The average Bonchev–Trinajstić information content (AvgIpc) is 3.36.